The number of allylic oxidation sites excluding steroid dienone is 2. The number of ether oxygens (including phenoxy) is 1. The normalized spacial score (nSPS) is 46.7. The molecule has 0 heterocycles. The van der Waals surface area contributed by atoms with Crippen molar-refractivity contribution in [1.29, 1.82) is 0 Å². The highest BCUT2D eigenvalue weighted by molar-refractivity contribution is 5.82. The van der Waals surface area contributed by atoms with Gasteiger partial charge in [-0.05, 0) is 86.4 Å². The first-order valence-electron chi connectivity index (χ1n) is 13.9. The van der Waals surface area contributed by atoms with E-state index in [2.05, 4.69) is 27.7 Å². The number of aliphatic hydroxyl groups is 1. The smallest absolute Gasteiger partial charge is 0.307 e. The maximum atomic E-state index is 12.6. The second-order valence-electron chi connectivity index (χ2n) is 13.5. The number of aliphatic hydroxyl groups excluding tert-OH is 1. The molecule has 0 bridgehead atoms. The molecule has 4 rings (SSSR count). The topological polar surface area (TPSA) is 101 Å². The fourth-order valence-corrected chi connectivity index (χ4v) is 9.93. The first-order chi connectivity index (χ1) is 16.7. The van der Waals surface area contributed by atoms with E-state index in [0.29, 0.717) is 31.5 Å². The first kappa shape index (κ1) is 27.3. The quantitative estimate of drug-likeness (QED) is 0.385. The monoisotopic (exact) mass is 502 g/mol. The van der Waals surface area contributed by atoms with Gasteiger partial charge in [0.25, 0.3) is 0 Å². The van der Waals surface area contributed by atoms with Crippen molar-refractivity contribution in [3.8, 4) is 0 Å². The Balaban J connectivity index is 1.79. The Morgan fingerprint density at radius 2 is 1.78 bits per heavy atom. The molecule has 0 spiro atoms. The Kier molecular flexibility index (Phi) is 7.03. The van der Waals surface area contributed by atoms with Crippen LogP contribution in [0.25, 0.3) is 0 Å². The molecule has 0 aromatic carbocycles. The number of Topliss-reactive ketones (excluding diaryl/α,β-unsaturated/α-hetero) is 1. The van der Waals surface area contributed by atoms with E-state index in [1.54, 1.807) is 0 Å². The SMILES string of the molecule is CC(=O)O[C@H]1C[C@@]2(C)C(CC(O)C3[C@@]4(C)CCC(=O)[C@@H](C)C4CC[C@@]32C)[C@H]1[C@@H](CC=C(C)C)C(=O)O. The third kappa shape index (κ3) is 3.97. The summed E-state index contributed by atoms with van der Waals surface area (Å²) in [6.45, 7) is 14.3. The Labute approximate surface area is 216 Å². The zero-order chi connectivity index (χ0) is 26.8. The van der Waals surface area contributed by atoms with E-state index < -0.39 is 24.1 Å². The number of carboxylic acids is 1. The van der Waals surface area contributed by atoms with Crippen LogP contribution in [0.1, 0.15) is 93.4 Å². The van der Waals surface area contributed by atoms with Gasteiger partial charge in [-0.15, -0.1) is 0 Å². The molecular formula is C30H46O6. The van der Waals surface area contributed by atoms with Crippen LogP contribution in [0.2, 0.25) is 0 Å². The predicted molar refractivity (Wildman–Crippen MR) is 137 cm³/mol. The van der Waals surface area contributed by atoms with Gasteiger partial charge >= 0.3 is 11.9 Å². The first-order valence-corrected chi connectivity index (χ1v) is 13.9. The lowest BCUT2D eigenvalue weighted by molar-refractivity contribution is -0.230. The lowest BCUT2D eigenvalue weighted by Crippen LogP contribution is -2.65. The molecule has 11 atom stereocenters. The third-order valence-electron chi connectivity index (χ3n) is 11.6. The number of rotatable bonds is 5. The van der Waals surface area contributed by atoms with E-state index in [1.807, 2.05) is 19.9 Å². The Bertz CT molecular complexity index is 951. The van der Waals surface area contributed by atoms with Crippen molar-refractivity contribution in [3.05, 3.63) is 11.6 Å². The third-order valence-corrected chi connectivity index (χ3v) is 11.6. The minimum absolute atomic E-state index is 0.0108. The minimum Gasteiger partial charge on any atom is -0.481 e. The average molecular weight is 503 g/mol. The lowest BCUT2D eigenvalue weighted by Gasteiger charge is -2.68. The predicted octanol–water partition coefficient (Wildman–Crippen LogP) is 5.42. The van der Waals surface area contributed by atoms with Crippen LogP contribution < -0.4 is 0 Å². The van der Waals surface area contributed by atoms with Crippen molar-refractivity contribution in [2.24, 2.45) is 51.8 Å². The molecule has 0 amide bonds. The summed E-state index contributed by atoms with van der Waals surface area (Å²) in [5, 5.41) is 22.2. The Morgan fingerprint density at radius 1 is 1.11 bits per heavy atom. The molecule has 4 saturated carbocycles. The molecule has 0 aliphatic heterocycles. The van der Waals surface area contributed by atoms with Crippen LogP contribution in [0, 0.1) is 51.8 Å². The molecular weight excluding hydrogens is 456 g/mol. The lowest BCUT2D eigenvalue weighted by atomic mass is 9.36. The van der Waals surface area contributed by atoms with Gasteiger partial charge in [0.15, 0.2) is 0 Å². The molecule has 0 aromatic heterocycles. The van der Waals surface area contributed by atoms with E-state index in [1.165, 1.54) is 6.92 Å². The molecule has 4 aliphatic rings. The fraction of sp³-hybridized carbons (Fsp3) is 0.833. The van der Waals surface area contributed by atoms with Crippen molar-refractivity contribution in [2.45, 2.75) is 106 Å². The molecule has 0 saturated heterocycles. The van der Waals surface area contributed by atoms with E-state index in [0.717, 1.165) is 24.8 Å². The summed E-state index contributed by atoms with van der Waals surface area (Å²) in [5.74, 6) is -1.69. The van der Waals surface area contributed by atoms with Gasteiger partial charge in [0.05, 0.1) is 12.0 Å². The second kappa shape index (κ2) is 9.25. The molecule has 0 radical (unpaired) electrons. The number of carboxylic acid groups (broad SMARTS) is 1. The van der Waals surface area contributed by atoms with E-state index in [-0.39, 0.29) is 51.8 Å². The number of fused-ring (bicyclic) bond motifs is 5. The van der Waals surface area contributed by atoms with Crippen molar-refractivity contribution >= 4 is 17.7 Å². The van der Waals surface area contributed by atoms with Crippen molar-refractivity contribution < 1.29 is 29.3 Å². The molecule has 6 nitrogen and oxygen atoms in total. The summed E-state index contributed by atoms with van der Waals surface area (Å²) in [6, 6.07) is 0. The molecule has 4 unspecified atom stereocenters. The van der Waals surface area contributed by atoms with Gasteiger partial charge in [0.1, 0.15) is 11.9 Å². The van der Waals surface area contributed by atoms with Crippen LogP contribution in [0.4, 0.5) is 0 Å². The summed E-state index contributed by atoms with van der Waals surface area (Å²) in [4.78, 5) is 37.4. The van der Waals surface area contributed by atoms with Gasteiger partial charge in [0.2, 0.25) is 0 Å². The Hall–Kier alpha value is -1.69. The second-order valence-corrected chi connectivity index (χ2v) is 13.5. The molecule has 4 fully saturated rings. The van der Waals surface area contributed by atoms with E-state index >= 15 is 0 Å². The fourth-order valence-electron chi connectivity index (χ4n) is 9.93. The number of hydrogen-bond acceptors (Lipinski definition) is 5. The van der Waals surface area contributed by atoms with Gasteiger partial charge in [0, 0.05) is 25.2 Å². The number of aliphatic carboxylic acids is 1. The largest absolute Gasteiger partial charge is 0.481 e. The number of ketones is 1. The van der Waals surface area contributed by atoms with Crippen molar-refractivity contribution in [1.82, 2.24) is 0 Å². The van der Waals surface area contributed by atoms with Crippen LogP contribution >= 0.6 is 0 Å². The van der Waals surface area contributed by atoms with Gasteiger partial charge < -0.3 is 14.9 Å². The summed E-state index contributed by atoms with van der Waals surface area (Å²) < 4.78 is 5.89. The van der Waals surface area contributed by atoms with Crippen LogP contribution in [0.15, 0.2) is 11.6 Å². The standard InChI is InChI=1S/C30H46O6/c1-16(2)8-9-19(27(34)35)25-21-14-23(33)26-28(5)12-11-22(32)17(3)20(28)10-13-29(26,6)30(21,7)15-24(25)36-18(4)31/h8,17,19-21,23-26,33H,9-15H2,1-7H3,(H,34,35)/t17-,19+,20?,21?,23?,24-,25+,26?,28-,29-,30-/m0/s1. The van der Waals surface area contributed by atoms with Gasteiger partial charge in [-0.2, -0.15) is 0 Å². The highest BCUT2D eigenvalue weighted by Gasteiger charge is 2.72. The molecule has 4 aliphatic carbocycles. The summed E-state index contributed by atoms with van der Waals surface area (Å²) in [5.41, 5.74) is 0.401. The van der Waals surface area contributed by atoms with Gasteiger partial charge in [-0.3, -0.25) is 14.4 Å². The van der Waals surface area contributed by atoms with E-state index in [4.69, 9.17) is 4.74 Å². The van der Waals surface area contributed by atoms with Crippen LogP contribution in [0.5, 0.6) is 0 Å². The number of carbonyl (C=O) groups excluding carboxylic acids is 2. The van der Waals surface area contributed by atoms with Gasteiger partial charge in [-0.25, -0.2) is 0 Å². The van der Waals surface area contributed by atoms with Gasteiger partial charge in [-0.1, -0.05) is 39.3 Å². The number of hydrogen-bond donors (Lipinski definition) is 2. The van der Waals surface area contributed by atoms with Crippen LogP contribution in [-0.4, -0.2) is 40.1 Å². The van der Waals surface area contributed by atoms with Crippen molar-refractivity contribution in [3.63, 3.8) is 0 Å². The maximum absolute atomic E-state index is 12.6. The zero-order valence-electron chi connectivity index (χ0n) is 23.2. The highest BCUT2D eigenvalue weighted by atomic mass is 16.5. The average Bonchev–Trinajstić information content (AvgIpc) is 3.03. The summed E-state index contributed by atoms with van der Waals surface area (Å²) in [7, 11) is 0. The van der Waals surface area contributed by atoms with Crippen LogP contribution in [-0.2, 0) is 19.1 Å². The molecule has 6 heteroatoms. The molecule has 0 aromatic rings. The number of carbonyl (C=O) groups is 3. The maximum Gasteiger partial charge on any atom is 0.307 e. The minimum atomic E-state index is -0.865. The molecule has 202 valence electrons. The number of esters is 1. The summed E-state index contributed by atoms with van der Waals surface area (Å²) in [6.07, 6.45) is 5.64. The molecule has 2 N–H and O–H groups in total. The van der Waals surface area contributed by atoms with Crippen LogP contribution in [0.3, 0.4) is 0 Å². The summed E-state index contributed by atoms with van der Waals surface area (Å²) >= 11 is 0. The van der Waals surface area contributed by atoms with Crippen molar-refractivity contribution in [2.75, 3.05) is 0 Å². The molecule has 36 heavy (non-hydrogen) atoms. The highest BCUT2D eigenvalue weighted by Crippen LogP contribution is 2.74. The van der Waals surface area contributed by atoms with E-state index in [9.17, 15) is 24.6 Å². The Morgan fingerprint density at radius 3 is 2.36 bits per heavy atom. The zero-order valence-corrected chi connectivity index (χ0v) is 23.2.